The molecule has 28 heavy (non-hydrogen) atoms. The van der Waals surface area contributed by atoms with Crippen molar-refractivity contribution in [1.82, 2.24) is 20.2 Å². The van der Waals surface area contributed by atoms with Crippen LogP contribution in [0.15, 0.2) is 36.7 Å². The van der Waals surface area contributed by atoms with Crippen LogP contribution in [-0.2, 0) is 0 Å². The number of aromatic nitrogens is 2. The molecule has 2 fully saturated rings. The van der Waals surface area contributed by atoms with Crippen molar-refractivity contribution in [3.63, 3.8) is 0 Å². The lowest BCUT2D eigenvalue weighted by Crippen LogP contribution is -2.42. The molecule has 4 rings (SSSR count). The molecule has 2 aliphatic rings. The van der Waals surface area contributed by atoms with E-state index in [-0.39, 0.29) is 11.9 Å². The van der Waals surface area contributed by atoms with Gasteiger partial charge in [-0.25, -0.2) is 9.97 Å². The summed E-state index contributed by atoms with van der Waals surface area (Å²) in [5.74, 6) is 2.07. The molecule has 1 aromatic heterocycles. The summed E-state index contributed by atoms with van der Waals surface area (Å²) in [7, 11) is 0. The highest BCUT2D eigenvalue weighted by Gasteiger charge is 2.27. The molecule has 0 spiro atoms. The standard InChI is InChI=1S/C23H30N4O/c1-16-3-5-18(6-4-16)21(27-11-9-17(2)10-12-27)15-26-23(28)20-13-24-22(25-14-20)19-7-8-19/h3-6,13-14,17,19,21H,7-12,15H2,1-2H3,(H,26,28). The summed E-state index contributed by atoms with van der Waals surface area (Å²) in [4.78, 5) is 23.9. The van der Waals surface area contributed by atoms with E-state index in [2.05, 4.69) is 58.3 Å². The van der Waals surface area contributed by atoms with Gasteiger partial charge in [0.2, 0.25) is 0 Å². The number of nitrogens with one attached hydrogen (secondary N) is 1. The summed E-state index contributed by atoms with van der Waals surface area (Å²) in [6.45, 7) is 7.18. The largest absolute Gasteiger partial charge is 0.350 e. The predicted octanol–water partition coefficient (Wildman–Crippen LogP) is 3.87. The predicted molar refractivity (Wildman–Crippen MR) is 110 cm³/mol. The number of amides is 1. The topological polar surface area (TPSA) is 58.1 Å². The van der Waals surface area contributed by atoms with E-state index in [9.17, 15) is 4.79 Å². The van der Waals surface area contributed by atoms with Gasteiger partial charge in [-0.1, -0.05) is 36.8 Å². The Morgan fingerprint density at radius 2 is 1.75 bits per heavy atom. The van der Waals surface area contributed by atoms with Crippen molar-refractivity contribution in [3.05, 3.63) is 59.2 Å². The van der Waals surface area contributed by atoms with Crippen LogP contribution in [0.2, 0.25) is 0 Å². The lowest BCUT2D eigenvalue weighted by Gasteiger charge is -2.37. The number of aryl methyl sites for hydroxylation is 1. The Morgan fingerprint density at radius 1 is 1.11 bits per heavy atom. The molecule has 1 atom stereocenters. The number of piperidine rings is 1. The third-order valence-electron chi connectivity index (χ3n) is 6.05. The van der Waals surface area contributed by atoms with Gasteiger partial charge in [-0.15, -0.1) is 0 Å². The number of rotatable bonds is 6. The number of likely N-dealkylation sites (tertiary alicyclic amines) is 1. The minimum Gasteiger partial charge on any atom is -0.350 e. The maximum atomic E-state index is 12.7. The molecule has 1 saturated heterocycles. The van der Waals surface area contributed by atoms with Crippen LogP contribution in [0.1, 0.15) is 71.9 Å². The summed E-state index contributed by atoms with van der Waals surface area (Å²) in [6, 6.07) is 8.89. The molecule has 1 saturated carbocycles. The van der Waals surface area contributed by atoms with Gasteiger partial charge in [0.05, 0.1) is 11.6 Å². The second kappa shape index (κ2) is 8.39. The van der Waals surface area contributed by atoms with Crippen LogP contribution in [0.25, 0.3) is 0 Å². The second-order valence-corrected chi connectivity index (χ2v) is 8.46. The molecule has 0 bridgehead atoms. The fourth-order valence-electron chi connectivity index (χ4n) is 3.89. The van der Waals surface area contributed by atoms with Crippen LogP contribution in [0.3, 0.4) is 0 Å². The van der Waals surface area contributed by atoms with E-state index >= 15 is 0 Å². The average Bonchev–Trinajstić information content (AvgIpc) is 3.56. The molecule has 2 heterocycles. The van der Waals surface area contributed by atoms with Crippen LogP contribution in [0.5, 0.6) is 0 Å². The van der Waals surface area contributed by atoms with Crippen molar-refractivity contribution in [2.75, 3.05) is 19.6 Å². The quantitative estimate of drug-likeness (QED) is 0.829. The first-order valence-electron chi connectivity index (χ1n) is 10.5. The smallest absolute Gasteiger partial charge is 0.254 e. The fraction of sp³-hybridized carbons (Fsp3) is 0.522. The number of hydrogen-bond donors (Lipinski definition) is 1. The lowest BCUT2D eigenvalue weighted by molar-refractivity contribution is 0.0912. The van der Waals surface area contributed by atoms with E-state index in [4.69, 9.17) is 0 Å². The molecular formula is C23H30N4O. The monoisotopic (exact) mass is 378 g/mol. The van der Waals surface area contributed by atoms with E-state index in [1.165, 1.54) is 24.0 Å². The van der Waals surface area contributed by atoms with E-state index in [1.54, 1.807) is 12.4 Å². The summed E-state index contributed by atoms with van der Waals surface area (Å²) in [6.07, 6.45) is 8.09. The van der Waals surface area contributed by atoms with Crippen molar-refractivity contribution in [1.29, 1.82) is 0 Å². The van der Waals surface area contributed by atoms with Gasteiger partial charge in [-0.2, -0.15) is 0 Å². The third-order valence-corrected chi connectivity index (χ3v) is 6.05. The van der Waals surface area contributed by atoms with Gasteiger partial charge < -0.3 is 5.32 Å². The van der Waals surface area contributed by atoms with Crippen LogP contribution >= 0.6 is 0 Å². The SMILES string of the molecule is Cc1ccc(C(CNC(=O)c2cnc(C3CC3)nc2)N2CCC(C)CC2)cc1. The molecule has 1 aliphatic carbocycles. The lowest BCUT2D eigenvalue weighted by atomic mass is 9.95. The van der Waals surface area contributed by atoms with E-state index < -0.39 is 0 Å². The third kappa shape index (κ3) is 4.58. The molecule has 1 aliphatic heterocycles. The summed E-state index contributed by atoms with van der Waals surface area (Å²) >= 11 is 0. The number of nitrogens with zero attached hydrogens (tertiary/aromatic N) is 3. The minimum atomic E-state index is -0.0927. The van der Waals surface area contributed by atoms with Crippen molar-refractivity contribution in [2.45, 2.75) is 51.5 Å². The number of benzene rings is 1. The number of carbonyl (C=O) groups excluding carboxylic acids is 1. The van der Waals surface area contributed by atoms with Crippen molar-refractivity contribution >= 4 is 5.91 Å². The van der Waals surface area contributed by atoms with Crippen molar-refractivity contribution in [3.8, 4) is 0 Å². The van der Waals surface area contributed by atoms with E-state index in [0.717, 1.165) is 37.7 Å². The van der Waals surface area contributed by atoms with Gasteiger partial charge in [0.1, 0.15) is 5.82 Å². The van der Waals surface area contributed by atoms with Gasteiger partial charge in [0.25, 0.3) is 5.91 Å². The molecule has 1 unspecified atom stereocenters. The van der Waals surface area contributed by atoms with Crippen molar-refractivity contribution in [2.24, 2.45) is 5.92 Å². The normalized spacial score (nSPS) is 19.4. The van der Waals surface area contributed by atoms with Gasteiger partial charge in [-0.3, -0.25) is 9.69 Å². The van der Waals surface area contributed by atoms with Crippen LogP contribution < -0.4 is 5.32 Å². The van der Waals surface area contributed by atoms with Crippen LogP contribution in [0.4, 0.5) is 0 Å². The molecule has 0 radical (unpaired) electrons. The average molecular weight is 379 g/mol. The first-order valence-corrected chi connectivity index (χ1v) is 10.5. The van der Waals surface area contributed by atoms with Crippen LogP contribution in [-0.4, -0.2) is 40.4 Å². The Labute approximate surface area is 167 Å². The molecular weight excluding hydrogens is 348 g/mol. The molecule has 1 N–H and O–H groups in total. The maximum absolute atomic E-state index is 12.7. The van der Waals surface area contributed by atoms with Gasteiger partial charge in [0.15, 0.2) is 0 Å². The zero-order valence-electron chi connectivity index (χ0n) is 16.9. The van der Waals surface area contributed by atoms with Crippen LogP contribution in [0, 0.1) is 12.8 Å². The molecule has 5 nitrogen and oxygen atoms in total. The highest BCUT2D eigenvalue weighted by Crippen LogP contribution is 2.37. The molecule has 1 aromatic carbocycles. The molecule has 2 aromatic rings. The van der Waals surface area contributed by atoms with Crippen molar-refractivity contribution < 1.29 is 4.79 Å². The highest BCUT2D eigenvalue weighted by atomic mass is 16.1. The van der Waals surface area contributed by atoms with Gasteiger partial charge in [0, 0.05) is 24.9 Å². The summed E-state index contributed by atoms with van der Waals surface area (Å²) < 4.78 is 0. The minimum absolute atomic E-state index is 0.0927. The van der Waals surface area contributed by atoms with E-state index in [0.29, 0.717) is 18.0 Å². The maximum Gasteiger partial charge on any atom is 0.254 e. The first-order chi connectivity index (χ1) is 13.6. The van der Waals surface area contributed by atoms with E-state index in [1.807, 2.05) is 0 Å². The number of carbonyl (C=O) groups is 1. The molecule has 5 heteroatoms. The Balaban J connectivity index is 1.43. The Kier molecular flexibility index (Phi) is 5.72. The second-order valence-electron chi connectivity index (χ2n) is 8.46. The Morgan fingerprint density at radius 3 is 2.36 bits per heavy atom. The Hall–Kier alpha value is -2.27. The van der Waals surface area contributed by atoms with Gasteiger partial charge in [-0.05, 0) is 57.2 Å². The molecule has 1 amide bonds. The zero-order chi connectivity index (χ0) is 19.5. The summed E-state index contributed by atoms with van der Waals surface area (Å²) in [5.41, 5.74) is 3.06. The fourth-order valence-corrected chi connectivity index (χ4v) is 3.89. The first kappa shape index (κ1) is 19.1. The zero-order valence-corrected chi connectivity index (χ0v) is 16.9. The number of hydrogen-bond acceptors (Lipinski definition) is 4. The molecule has 148 valence electrons. The summed E-state index contributed by atoms with van der Waals surface area (Å²) in [5, 5.41) is 3.12. The van der Waals surface area contributed by atoms with Gasteiger partial charge >= 0.3 is 0 Å². The highest BCUT2D eigenvalue weighted by molar-refractivity contribution is 5.93. The Bertz CT molecular complexity index is 790.